The van der Waals surface area contributed by atoms with Crippen molar-refractivity contribution in [2.75, 3.05) is 26.1 Å². The van der Waals surface area contributed by atoms with Gasteiger partial charge in [0.2, 0.25) is 0 Å². The van der Waals surface area contributed by atoms with Gasteiger partial charge in [-0.15, -0.1) is 0 Å². The zero-order valence-electron chi connectivity index (χ0n) is 15.8. The maximum atomic E-state index is 12.8. The third-order valence-electron chi connectivity index (χ3n) is 4.13. The molecule has 0 saturated heterocycles. The number of methoxy groups -OCH3 is 2. The van der Waals surface area contributed by atoms with Gasteiger partial charge in [0.25, 0.3) is 5.91 Å². The van der Waals surface area contributed by atoms with Crippen molar-refractivity contribution in [2.45, 2.75) is 19.1 Å². The lowest BCUT2D eigenvalue weighted by Gasteiger charge is -2.11. The number of amides is 1. The van der Waals surface area contributed by atoms with E-state index in [9.17, 15) is 18.0 Å². The molecule has 154 valence electrons. The smallest absolute Gasteiger partial charge is 0.433 e. The summed E-state index contributed by atoms with van der Waals surface area (Å²) >= 11 is 0. The van der Waals surface area contributed by atoms with Crippen molar-refractivity contribution in [3.05, 3.63) is 47.9 Å². The van der Waals surface area contributed by atoms with Crippen LogP contribution in [0.5, 0.6) is 5.75 Å². The molecule has 0 spiro atoms. The molecule has 1 amide bonds. The quantitative estimate of drug-likeness (QED) is 0.603. The number of aromatic nitrogens is 3. The van der Waals surface area contributed by atoms with Crippen LogP contribution < -0.4 is 10.1 Å². The summed E-state index contributed by atoms with van der Waals surface area (Å²) in [5.41, 5.74) is -0.516. The molecule has 0 fully saturated rings. The number of rotatable bonds is 7. The highest BCUT2D eigenvalue weighted by Crippen LogP contribution is 2.31. The monoisotopic (exact) mass is 408 g/mol. The first-order chi connectivity index (χ1) is 13.8. The lowest BCUT2D eigenvalue weighted by atomic mass is 10.2. The van der Waals surface area contributed by atoms with E-state index in [0.29, 0.717) is 30.1 Å². The number of aryl methyl sites for hydroxylation is 1. The lowest BCUT2D eigenvalue weighted by Crippen LogP contribution is -2.17. The third kappa shape index (κ3) is 4.83. The minimum absolute atomic E-state index is 0.306. The molecule has 10 heteroatoms. The van der Waals surface area contributed by atoms with Gasteiger partial charge in [-0.25, -0.2) is 4.98 Å². The number of nitrogens with one attached hydrogen (secondary N) is 1. The number of carbonyl (C=O) groups is 1. The molecule has 0 aliphatic heterocycles. The zero-order chi connectivity index (χ0) is 21.0. The van der Waals surface area contributed by atoms with E-state index < -0.39 is 17.8 Å². The van der Waals surface area contributed by atoms with Crippen molar-refractivity contribution in [2.24, 2.45) is 0 Å². The number of nitrogens with zero attached hydrogens (tertiary/aromatic N) is 3. The Morgan fingerprint density at radius 2 is 2.03 bits per heavy atom. The molecule has 3 aromatic rings. The predicted octanol–water partition coefficient (Wildman–Crippen LogP) is 3.75. The third-order valence-corrected chi connectivity index (χ3v) is 4.13. The van der Waals surface area contributed by atoms with Crippen LogP contribution in [0.2, 0.25) is 0 Å². The highest BCUT2D eigenvalue weighted by atomic mass is 19.4. The SMILES string of the molecule is COCCCn1cc2cc(NC(=O)c3cccc(C(F)(F)F)n3)c(OC)cc2n1. The molecule has 3 rings (SSSR count). The van der Waals surface area contributed by atoms with E-state index in [1.807, 2.05) is 6.20 Å². The molecule has 1 aromatic carbocycles. The standard InChI is InChI=1S/C19H19F3N4O3/c1-28-8-4-7-26-11-12-9-15(16(29-2)10-14(12)25-26)24-18(27)13-5-3-6-17(23-13)19(20,21)22/h3,5-6,9-11H,4,7-8H2,1-2H3,(H,24,27). The van der Waals surface area contributed by atoms with E-state index in [0.717, 1.165) is 23.9 Å². The first-order valence-electron chi connectivity index (χ1n) is 8.71. The molecule has 0 radical (unpaired) electrons. The number of ether oxygens (including phenoxy) is 2. The molecule has 2 aromatic heterocycles. The Morgan fingerprint density at radius 3 is 2.72 bits per heavy atom. The molecule has 29 heavy (non-hydrogen) atoms. The molecule has 0 atom stereocenters. The first kappa shape index (κ1) is 20.6. The predicted molar refractivity (Wildman–Crippen MR) is 100.0 cm³/mol. The number of hydrogen-bond acceptors (Lipinski definition) is 5. The van der Waals surface area contributed by atoms with Gasteiger partial charge in [0.1, 0.15) is 17.1 Å². The van der Waals surface area contributed by atoms with E-state index in [1.54, 1.807) is 23.9 Å². The van der Waals surface area contributed by atoms with Crippen molar-refractivity contribution >= 4 is 22.5 Å². The van der Waals surface area contributed by atoms with Crippen molar-refractivity contribution in [1.29, 1.82) is 0 Å². The number of carbonyl (C=O) groups excluding carboxylic acids is 1. The van der Waals surface area contributed by atoms with Crippen LogP contribution in [0, 0.1) is 0 Å². The van der Waals surface area contributed by atoms with Crippen molar-refractivity contribution in [3.8, 4) is 5.75 Å². The van der Waals surface area contributed by atoms with Gasteiger partial charge in [-0.05, 0) is 24.6 Å². The number of halogens is 3. The van der Waals surface area contributed by atoms with Crippen LogP contribution in [0.25, 0.3) is 10.9 Å². The Morgan fingerprint density at radius 1 is 1.24 bits per heavy atom. The molecule has 7 nitrogen and oxygen atoms in total. The number of pyridine rings is 1. The van der Waals surface area contributed by atoms with Crippen LogP contribution in [-0.2, 0) is 17.5 Å². The fraction of sp³-hybridized carbons (Fsp3) is 0.316. The summed E-state index contributed by atoms with van der Waals surface area (Å²) in [6, 6.07) is 6.46. The number of fused-ring (bicyclic) bond motifs is 1. The topological polar surface area (TPSA) is 78.3 Å². The summed E-state index contributed by atoms with van der Waals surface area (Å²) in [6.45, 7) is 1.26. The van der Waals surface area contributed by atoms with Gasteiger partial charge in [-0.1, -0.05) is 6.07 Å². The molecule has 1 N–H and O–H groups in total. The molecular weight excluding hydrogens is 389 g/mol. The molecular formula is C19H19F3N4O3. The molecule has 0 aliphatic carbocycles. The van der Waals surface area contributed by atoms with E-state index >= 15 is 0 Å². The maximum absolute atomic E-state index is 12.8. The summed E-state index contributed by atoms with van der Waals surface area (Å²) in [5, 5.41) is 7.75. The Bertz CT molecular complexity index is 1020. The fourth-order valence-electron chi connectivity index (χ4n) is 2.76. The number of anilines is 1. The van der Waals surface area contributed by atoms with Gasteiger partial charge in [0, 0.05) is 37.9 Å². The minimum Gasteiger partial charge on any atom is -0.494 e. The average Bonchev–Trinajstić information content (AvgIpc) is 3.08. The van der Waals surface area contributed by atoms with E-state index in [4.69, 9.17) is 9.47 Å². The van der Waals surface area contributed by atoms with E-state index in [2.05, 4.69) is 15.4 Å². The van der Waals surface area contributed by atoms with Gasteiger partial charge in [0.15, 0.2) is 0 Å². The normalized spacial score (nSPS) is 11.6. The Labute approximate surface area is 164 Å². The van der Waals surface area contributed by atoms with Crippen LogP contribution in [0.3, 0.4) is 0 Å². The first-order valence-corrected chi connectivity index (χ1v) is 8.71. The summed E-state index contributed by atoms with van der Waals surface area (Å²) in [4.78, 5) is 15.8. The molecule has 0 aliphatic rings. The van der Waals surface area contributed by atoms with Crippen LogP contribution in [0.1, 0.15) is 22.6 Å². The lowest BCUT2D eigenvalue weighted by molar-refractivity contribution is -0.141. The zero-order valence-corrected chi connectivity index (χ0v) is 15.8. The highest BCUT2D eigenvalue weighted by Gasteiger charge is 2.33. The molecule has 0 saturated carbocycles. The van der Waals surface area contributed by atoms with Gasteiger partial charge < -0.3 is 14.8 Å². The fourth-order valence-corrected chi connectivity index (χ4v) is 2.76. The highest BCUT2D eigenvalue weighted by molar-refractivity contribution is 6.05. The van der Waals surface area contributed by atoms with Crippen molar-refractivity contribution in [1.82, 2.24) is 14.8 Å². The van der Waals surface area contributed by atoms with Gasteiger partial charge in [-0.3, -0.25) is 9.48 Å². The summed E-state index contributed by atoms with van der Waals surface area (Å²) in [7, 11) is 3.05. The van der Waals surface area contributed by atoms with Crippen molar-refractivity contribution in [3.63, 3.8) is 0 Å². The second-order valence-electron chi connectivity index (χ2n) is 6.21. The van der Waals surface area contributed by atoms with Crippen LogP contribution in [0.4, 0.5) is 18.9 Å². The maximum Gasteiger partial charge on any atom is 0.433 e. The largest absolute Gasteiger partial charge is 0.494 e. The van der Waals surface area contributed by atoms with E-state index in [-0.39, 0.29) is 5.69 Å². The Kier molecular flexibility index (Phi) is 6.02. The van der Waals surface area contributed by atoms with Crippen LogP contribution in [0.15, 0.2) is 36.5 Å². The molecule has 0 bridgehead atoms. The Hall–Kier alpha value is -3.14. The number of benzene rings is 1. The number of alkyl halides is 3. The summed E-state index contributed by atoms with van der Waals surface area (Å²) < 4.78 is 50.6. The Balaban J connectivity index is 1.86. The molecule has 2 heterocycles. The second-order valence-corrected chi connectivity index (χ2v) is 6.21. The van der Waals surface area contributed by atoms with Gasteiger partial charge in [0.05, 0.1) is 18.3 Å². The van der Waals surface area contributed by atoms with Gasteiger partial charge >= 0.3 is 6.18 Å². The average molecular weight is 408 g/mol. The van der Waals surface area contributed by atoms with Crippen LogP contribution >= 0.6 is 0 Å². The van der Waals surface area contributed by atoms with E-state index in [1.165, 1.54) is 13.2 Å². The summed E-state index contributed by atoms with van der Waals surface area (Å²) in [6.07, 6.45) is -2.04. The van der Waals surface area contributed by atoms with Gasteiger partial charge in [-0.2, -0.15) is 18.3 Å². The van der Waals surface area contributed by atoms with Crippen LogP contribution in [-0.4, -0.2) is 41.5 Å². The summed E-state index contributed by atoms with van der Waals surface area (Å²) in [5.74, 6) is -0.443. The molecule has 0 unspecified atom stereocenters. The van der Waals surface area contributed by atoms with Crippen molar-refractivity contribution < 1.29 is 27.4 Å². The minimum atomic E-state index is -4.63. The second kappa shape index (κ2) is 8.48. The number of hydrogen-bond donors (Lipinski definition) is 1.